The number of H-pyrrole nitrogens is 1. The van der Waals surface area contributed by atoms with Gasteiger partial charge < -0.3 is 9.47 Å². The Labute approximate surface area is 130 Å². The van der Waals surface area contributed by atoms with E-state index in [9.17, 15) is 14.4 Å². The standard InChI is InChI=1S/C13H17N5O5/c1-7(4-22-9(3)20)23-6-18-5-14-10-11(18)16-13(15-8(2)19)17-12(10)21/h5,7H,4,6H2,1-3H3,(H2,15,16,17,19,21). The Kier molecular flexibility index (Phi) is 5.06. The van der Waals surface area contributed by atoms with Crippen molar-refractivity contribution in [3.63, 3.8) is 0 Å². The van der Waals surface area contributed by atoms with Gasteiger partial charge in [-0.05, 0) is 6.92 Å². The van der Waals surface area contributed by atoms with Crippen molar-refractivity contribution in [2.75, 3.05) is 11.9 Å². The van der Waals surface area contributed by atoms with Gasteiger partial charge in [0.1, 0.15) is 13.3 Å². The Morgan fingerprint density at radius 3 is 2.83 bits per heavy atom. The molecule has 0 fully saturated rings. The van der Waals surface area contributed by atoms with Crippen LogP contribution in [0.5, 0.6) is 0 Å². The zero-order valence-corrected chi connectivity index (χ0v) is 13.0. The quantitative estimate of drug-likeness (QED) is 0.716. The monoisotopic (exact) mass is 323 g/mol. The van der Waals surface area contributed by atoms with Gasteiger partial charge in [-0.25, -0.2) is 4.98 Å². The maximum absolute atomic E-state index is 11.9. The fourth-order valence-electron chi connectivity index (χ4n) is 1.76. The van der Waals surface area contributed by atoms with Crippen molar-refractivity contribution in [3.8, 4) is 0 Å². The summed E-state index contributed by atoms with van der Waals surface area (Å²) >= 11 is 0. The second-order valence-corrected chi connectivity index (χ2v) is 4.89. The van der Waals surface area contributed by atoms with Crippen molar-refractivity contribution >= 4 is 29.0 Å². The molecule has 0 saturated heterocycles. The predicted molar refractivity (Wildman–Crippen MR) is 79.6 cm³/mol. The summed E-state index contributed by atoms with van der Waals surface area (Å²) < 4.78 is 11.9. The average molecular weight is 323 g/mol. The van der Waals surface area contributed by atoms with Crippen LogP contribution in [0.2, 0.25) is 0 Å². The normalized spacial score (nSPS) is 12.1. The lowest BCUT2D eigenvalue weighted by molar-refractivity contribution is -0.145. The van der Waals surface area contributed by atoms with Gasteiger partial charge in [-0.2, -0.15) is 4.98 Å². The molecule has 0 aliphatic carbocycles. The molecule has 1 amide bonds. The molecule has 2 aromatic rings. The third kappa shape index (κ3) is 4.36. The number of nitrogens with zero attached hydrogens (tertiary/aromatic N) is 3. The smallest absolute Gasteiger partial charge is 0.302 e. The molecule has 0 aliphatic heterocycles. The summed E-state index contributed by atoms with van der Waals surface area (Å²) in [6, 6.07) is 0. The lowest BCUT2D eigenvalue weighted by Gasteiger charge is -2.13. The number of imidazole rings is 1. The van der Waals surface area contributed by atoms with E-state index in [1.807, 2.05) is 0 Å². The molecule has 2 N–H and O–H groups in total. The van der Waals surface area contributed by atoms with E-state index in [4.69, 9.17) is 9.47 Å². The summed E-state index contributed by atoms with van der Waals surface area (Å²) in [6.07, 6.45) is 1.07. The highest BCUT2D eigenvalue weighted by Crippen LogP contribution is 2.09. The number of carbonyl (C=O) groups is 2. The van der Waals surface area contributed by atoms with Crippen LogP contribution in [-0.4, -0.2) is 44.1 Å². The Morgan fingerprint density at radius 2 is 2.17 bits per heavy atom. The molecular weight excluding hydrogens is 306 g/mol. The fourth-order valence-corrected chi connectivity index (χ4v) is 1.76. The molecule has 1 unspecified atom stereocenters. The topological polar surface area (TPSA) is 128 Å². The maximum atomic E-state index is 11.9. The number of nitrogens with one attached hydrogen (secondary N) is 2. The minimum absolute atomic E-state index is 0.0321. The van der Waals surface area contributed by atoms with Crippen LogP contribution in [-0.2, 0) is 25.8 Å². The lowest BCUT2D eigenvalue weighted by Crippen LogP contribution is -2.20. The van der Waals surface area contributed by atoms with Crippen molar-refractivity contribution in [2.24, 2.45) is 0 Å². The number of anilines is 1. The molecule has 2 rings (SSSR count). The largest absolute Gasteiger partial charge is 0.463 e. The number of amides is 1. The van der Waals surface area contributed by atoms with E-state index in [1.54, 1.807) is 6.92 Å². The molecular formula is C13H17N5O5. The molecule has 2 aromatic heterocycles. The minimum Gasteiger partial charge on any atom is -0.463 e. The minimum atomic E-state index is -0.467. The number of carbonyl (C=O) groups excluding carboxylic acids is 2. The molecule has 0 saturated carbocycles. The van der Waals surface area contributed by atoms with E-state index in [1.165, 1.54) is 24.7 Å². The molecule has 0 aromatic carbocycles. The Bertz CT molecular complexity index is 781. The second kappa shape index (κ2) is 7.01. The summed E-state index contributed by atoms with van der Waals surface area (Å²) in [5, 5.41) is 2.41. The first-order valence-corrected chi connectivity index (χ1v) is 6.84. The summed E-state index contributed by atoms with van der Waals surface area (Å²) in [5.74, 6) is -0.712. The molecule has 23 heavy (non-hydrogen) atoms. The van der Waals surface area contributed by atoms with E-state index in [0.29, 0.717) is 0 Å². The van der Waals surface area contributed by atoms with Gasteiger partial charge in [0.2, 0.25) is 11.9 Å². The van der Waals surface area contributed by atoms with E-state index >= 15 is 0 Å². The third-order valence-corrected chi connectivity index (χ3v) is 2.79. The van der Waals surface area contributed by atoms with Crippen molar-refractivity contribution in [2.45, 2.75) is 33.6 Å². The van der Waals surface area contributed by atoms with E-state index in [0.717, 1.165) is 0 Å². The van der Waals surface area contributed by atoms with Crippen molar-refractivity contribution < 1.29 is 19.1 Å². The van der Waals surface area contributed by atoms with Crippen LogP contribution in [0, 0.1) is 0 Å². The number of fused-ring (bicyclic) bond motifs is 1. The zero-order valence-electron chi connectivity index (χ0n) is 13.0. The second-order valence-electron chi connectivity index (χ2n) is 4.89. The molecule has 124 valence electrons. The van der Waals surface area contributed by atoms with Crippen molar-refractivity contribution in [3.05, 3.63) is 16.7 Å². The van der Waals surface area contributed by atoms with Gasteiger partial charge in [0, 0.05) is 13.8 Å². The summed E-state index contributed by atoms with van der Waals surface area (Å²) in [5.41, 5.74) is -0.0574. The highest BCUT2D eigenvalue weighted by atomic mass is 16.6. The van der Waals surface area contributed by atoms with E-state index < -0.39 is 5.56 Å². The molecule has 2 heterocycles. The van der Waals surface area contributed by atoms with Crippen LogP contribution in [0.3, 0.4) is 0 Å². The van der Waals surface area contributed by atoms with Crippen molar-refractivity contribution in [1.29, 1.82) is 0 Å². The fraction of sp³-hybridized carbons (Fsp3) is 0.462. The molecule has 0 radical (unpaired) electrons. The van der Waals surface area contributed by atoms with Crippen LogP contribution < -0.4 is 10.9 Å². The Balaban J connectivity index is 2.14. The van der Waals surface area contributed by atoms with Crippen LogP contribution >= 0.6 is 0 Å². The highest BCUT2D eigenvalue weighted by molar-refractivity contribution is 5.87. The number of rotatable bonds is 6. The maximum Gasteiger partial charge on any atom is 0.302 e. The first kappa shape index (κ1) is 16.6. The van der Waals surface area contributed by atoms with Crippen LogP contribution in [0.25, 0.3) is 11.2 Å². The van der Waals surface area contributed by atoms with E-state index in [-0.39, 0.29) is 48.4 Å². The SMILES string of the molecule is CC(=O)Nc1nc2c(ncn2COC(C)COC(C)=O)c(=O)[nH]1. The summed E-state index contributed by atoms with van der Waals surface area (Å²) in [7, 11) is 0. The van der Waals surface area contributed by atoms with Gasteiger partial charge in [0.15, 0.2) is 11.2 Å². The molecule has 0 bridgehead atoms. The van der Waals surface area contributed by atoms with Crippen LogP contribution in [0.4, 0.5) is 5.95 Å². The van der Waals surface area contributed by atoms with Gasteiger partial charge in [0.05, 0.1) is 12.4 Å². The highest BCUT2D eigenvalue weighted by Gasteiger charge is 2.12. The third-order valence-electron chi connectivity index (χ3n) is 2.79. The van der Waals surface area contributed by atoms with Gasteiger partial charge in [-0.3, -0.25) is 29.3 Å². The van der Waals surface area contributed by atoms with Crippen LogP contribution in [0.15, 0.2) is 11.1 Å². The number of ether oxygens (including phenoxy) is 2. The number of aromatic nitrogens is 4. The number of aromatic amines is 1. The Morgan fingerprint density at radius 1 is 1.43 bits per heavy atom. The van der Waals surface area contributed by atoms with Crippen LogP contribution in [0.1, 0.15) is 20.8 Å². The average Bonchev–Trinajstić information content (AvgIpc) is 2.85. The van der Waals surface area contributed by atoms with E-state index in [2.05, 4.69) is 20.3 Å². The molecule has 0 aliphatic rings. The molecule has 0 spiro atoms. The molecule has 10 nitrogen and oxygen atoms in total. The molecule has 1 atom stereocenters. The first-order valence-electron chi connectivity index (χ1n) is 6.84. The Hall–Kier alpha value is -2.75. The number of hydrogen-bond donors (Lipinski definition) is 2. The number of hydrogen-bond acceptors (Lipinski definition) is 7. The van der Waals surface area contributed by atoms with Gasteiger partial charge in [-0.15, -0.1) is 0 Å². The summed E-state index contributed by atoms with van der Waals surface area (Å²) in [6.45, 7) is 4.55. The lowest BCUT2D eigenvalue weighted by atomic mass is 10.4. The number of esters is 1. The van der Waals surface area contributed by atoms with Gasteiger partial charge in [-0.1, -0.05) is 0 Å². The zero-order chi connectivity index (χ0) is 17.0. The van der Waals surface area contributed by atoms with Crippen molar-refractivity contribution in [1.82, 2.24) is 19.5 Å². The van der Waals surface area contributed by atoms with Gasteiger partial charge >= 0.3 is 5.97 Å². The predicted octanol–water partition coefficient (Wildman–Crippen LogP) is 0.00370. The summed E-state index contributed by atoms with van der Waals surface area (Å²) in [4.78, 5) is 44.2. The first-order chi connectivity index (χ1) is 10.9. The van der Waals surface area contributed by atoms with Gasteiger partial charge in [0.25, 0.3) is 5.56 Å². The molecule has 10 heteroatoms.